The van der Waals surface area contributed by atoms with Crippen LogP contribution in [0.1, 0.15) is 30.7 Å². The Morgan fingerprint density at radius 1 is 1.00 bits per heavy atom. The number of carbonyl (C=O) groups is 2. The molecule has 3 atom stereocenters. The van der Waals surface area contributed by atoms with Crippen LogP contribution in [-0.4, -0.2) is 47.1 Å². The lowest BCUT2D eigenvalue weighted by atomic mass is 9.97. The number of urea groups is 1. The number of hydrogen-bond donors (Lipinski definition) is 4. The molecule has 2 aromatic carbocycles. The van der Waals surface area contributed by atoms with Crippen molar-refractivity contribution >= 4 is 23.3 Å². The van der Waals surface area contributed by atoms with Crippen LogP contribution < -0.4 is 16.0 Å². The molecule has 184 valence electrons. The summed E-state index contributed by atoms with van der Waals surface area (Å²) in [7, 11) is 0. The van der Waals surface area contributed by atoms with Crippen molar-refractivity contribution in [2.45, 2.75) is 51.4 Å². The number of aliphatic hydroxyl groups is 1. The quantitative estimate of drug-likeness (QED) is 0.406. The zero-order valence-corrected chi connectivity index (χ0v) is 19.8. The number of nitrogens with zero attached hydrogens (tertiary/aromatic N) is 1. The number of hydrogen-bond acceptors (Lipinski definition) is 6. The number of amides is 3. The lowest BCUT2D eigenvalue weighted by molar-refractivity contribution is -0.126. The molecule has 3 aromatic rings. The lowest BCUT2D eigenvalue weighted by Crippen LogP contribution is -2.52. The van der Waals surface area contributed by atoms with Crippen molar-refractivity contribution in [2.24, 2.45) is 0 Å². The van der Waals surface area contributed by atoms with Crippen LogP contribution >= 0.6 is 0 Å². The molecule has 1 saturated heterocycles. The van der Waals surface area contributed by atoms with E-state index in [1.54, 1.807) is 13.8 Å². The number of carbonyl (C=O) groups excluding carboxylic acids is 2. The normalized spacial score (nSPS) is 19.7. The smallest absolute Gasteiger partial charge is 0.319 e. The van der Waals surface area contributed by atoms with Gasteiger partial charge in [0.2, 0.25) is 5.91 Å². The summed E-state index contributed by atoms with van der Waals surface area (Å²) in [4.78, 5) is 25.0. The molecule has 0 bridgehead atoms. The summed E-state index contributed by atoms with van der Waals surface area (Å²) in [5, 5.41) is 22.1. The molecule has 0 spiro atoms. The zero-order chi connectivity index (χ0) is 24.8. The maximum Gasteiger partial charge on any atom is 0.319 e. The Bertz CT molecular complexity index is 1130. The first kappa shape index (κ1) is 24.4. The van der Waals surface area contributed by atoms with E-state index in [2.05, 4.69) is 21.1 Å². The summed E-state index contributed by atoms with van der Waals surface area (Å²) in [5.74, 6) is 0.346. The van der Waals surface area contributed by atoms with Crippen LogP contribution in [0.3, 0.4) is 0 Å². The Kier molecular flexibility index (Phi) is 7.79. The molecule has 0 radical (unpaired) electrons. The van der Waals surface area contributed by atoms with Crippen LogP contribution in [-0.2, 0) is 9.53 Å². The highest BCUT2D eigenvalue weighted by Gasteiger charge is 2.33. The first-order chi connectivity index (χ1) is 16.9. The third-order valence-electron chi connectivity index (χ3n) is 6.07. The molecule has 3 amide bonds. The second-order valence-corrected chi connectivity index (χ2v) is 8.66. The highest BCUT2D eigenvalue weighted by Crippen LogP contribution is 2.25. The van der Waals surface area contributed by atoms with Gasteiger partial charge in [-0.25, -0.2) is 4.79 Å². The maximum atomic E-state index is 12.6. The minimum atomic E-state index is -0.609. The third kappa shape index (κ3) is 6.26. The monoisotopic (exact) mass is 478 g/mol. The van der Waals surface area contributed by atoms with Crippen LogP contribution in [0.2, 0.25) is 0 Å². The van der Waals surface area contributed by atoms with Crippen molar-refractivity contribution in [2.75, 3.05) is 17.2 Å². The average molecular weight is 479 g/mol. The predicted octanol–water partition coefficient (Wildman–Crippen LogP) is 4.02. The van der Waals surface area contributed by atoms with E-state index in [-0.39, 0.29) is 31.1 Å². The van der Waals surface area contributed by atoms with Gasteiger partial charge in [-0.15, -0.1) is 0 Å². The van der Waals surface area contributed by atoms with Crippen molar-refractivity contribution in [3.05, 3.63) is 66.1 Å². The Labute approximate surface area is 203 Å². The maximum absolute atomic E-state index is 12.6. The summed E-state index contributed by atoms with van der Waals surface area (Å²) in [6, 6.07) is 16.9. The number of benzene rings is 2. The number of aryl methyl sites for hydroxylation is 2. The molecular weight excluding hydrogens is 448 g/mol. The van der Waals surface area contributed by atoms with E-state index in [9.17, 15) is 14.7 Å². The number of nitrogens with one attached hydrogen (secondary N) is 3. The van der Waals surface area contributed by atoms with Gasteiger partial charge in [-0.2, -0.15) is 0 Å². The van der Waals surface area contributed by atoms with Crippen molar-refractivity contribution in [3.8, 4) is 11.1 Å². The van der Waals surface area contributed by atoms with Crippen molar-refractivity contribution in [1.29, 1.82) is 0 Å². The van der Waals surface area contributed by atoms with E-state index in [1.165, 1.54) is 0 Å². The van der Waals surface area contributed by atoms with Crippen LogP contribution in [0, 0.1) is 13.8 Å². The second-order valence-electron chi connectivity index (χ2n) is 8.66. The lowest BCUT2D eigenvalue weighted by Gasteiger charge is -2.35. The number of ether oxygens (including phenoxy) is 1. The van der Waals surface area contributed by atoms with Gasteiger partial charge in [0.25, 0.3) is 0 Å². The van der Waals surface area contributed by atoms with Crippen LogP contribution in [0.5, 0.6) is 0 Å². The molecule has 1 aliphatic rings. The van der Waals surface area contributed by atoms with E-state index < -0.39 is 12.1 Å². The number of rotatable bonds is 7. The van der Waals surface area contributed by atoms with E-state index in [0.29, 0.717) is 35.7 Å². The first-order valence-electron chi connectivity index (χ1n) is 11.6. The number of anilines is 2. The molecule has 2 heterocycles. The minimum Gasteiger partial charge on any atom is -0.394 e. The van der Waals surface area contributed by atoms with Crippen molar-refractivity contribution < 1.29 is 24.0 Å². The van der Waals surface area contributed by atoms with Crippen molar-refractivity contribution in [1.82, 2.24) is 10.5 Å². The Morgan fingerprint density at radius 3 is 2.37 bits per heavy atom. The van der Waals surface area contributed by atoms with Gasteiger partial charge in [-0.1, -0.05) is 47.6 Å². The Morgan fingerprint density at radius 2 is 1.71 bits per heavy atom. The molecule has 1 aliphatic heterocycles. The summed E-state index contributed by atoms with van der Waals surface area (Å²) >= 11 is 0. The largest absolute Gasteiger partial charge is 0.394 e. The summed E-state index contributed by atoms with van der Waals surface area (Å²) < 4.78 is 11.0. The Hall–Kier alpha value is -3.69. The molecule has 4 N–H and O–H groups in total. The highest BCUT2D eigenvalue weighted by atomic mass is 16.5. The second kappa shape index (κ2) is 11.2. The molecule has 0 aliphatic carbocycles. The molecule has 0 saturated carbocycles. The van der Waals surface area contributed by atoms with Gasteiger partial charge in [0.1, 0.15) is 17.5 Å². The van der Waals surface area contributed by atoms with Gasteiger partial charge in [0.05, 0.1) is 25.2 Å². The van der Waals surface area contributed by atoms with Gasteiger partial charge in [0, 0.05) is 5.69 Å². The molecule has 35 heavy (non-hydrogen) atoms. The summed E-state index contributed by atoms with van der Waals surface area (Å²) in [5.41, 5.74) is 3.99. The summed E-state index contributed by atoms with van der Waals surface area (Å²) in [6.45, 7) is 3.18. The molecule has 1 aromatic heterocycles. The fourth-order valence-electron chi connectivity index (χ4n) is 4.22. The average Bonchev–Trinajstić information content (AvgIpc) is 3.18. The fourth-order valence-corrected chi connectivity index (χ4v) is 4.22. The molecule has 0 unspecified atom stereocenters. The van der Waals surface area contributed by atoms with Gasteiger partial charge in [-0.3, -0.25) is 4.79 Å². The van der Waals surface area contributed by atoms with Gasteiger partial charge < -0.3 is 30.3 Å². The SMILES string of the molecule is Cc1noc(C)c1NC(=O)N[C@H]1CC[C@@H](CC(=O)Nc2ccc(-c3ccccc3)cc2)O[C@H]1CO. The van der Waals surface area contributed by atoms with Gasteiger partial charge in [-0.05, 0) is 49.9 Å². The van der Waals surface area contributed by atoms with Gasteiger partial charge >= 0.3 is 6.03 Å². The van der Waals surface area contributed by atoms with Crippen LogP contribution in [0.25, 0.3) is 11.1 Å². The van der Waals surface area contributed by atoms with Crippen LogP contribution in [0.4, 0.5) is 16.2 Å². The summed E-state index contributed by atoms with van der Waals surface area (Å²) in [6.07, 6.45) is 0.355. The van der Waals surface area contributed by atoms with E-state index in [0.717, 1.165) is 11.1 Å². The van der Waals surface area contributed by atoms with Crippen molar-refractivity contribution in [3.63, 3.8) is 0 Å². The Balaban J connectivity index is 1.26. The predicted molar refractivity (Wildman–Crippen MR) is 132 cm³/mol. The van der Waals surface area contributed by atoms with E-state index in [1.807, 2.05) is 54.6 Å². The highest BCUT2D eigenvalue weighted by molar-refractivity contribution is 5.91. The molecule has 4 rings (SSSR count). The number of aliphatic hydroxyl groups excluding tert-OH is 1. The standard InChI is InChI=1S/C26H30N4O5/c1-16-25(17(2)35-30-16)29-26(33)28-22-13-12-21(34-23(22)15-31)14-24(32)27-20-10-8-19(9-11-20)18-6-4-3-5-7-18/h3-11,21-23,31H,12-15H2,1-2H3,(H,27,32)(H2,28,29,33)/t21-,22-,23-/m0/s1. The molecule has 9 nitrogen and oxygen atoms in total. The fraction of sp³-hybridized carbons (Fsp3) is 0.346. The van der Waals surface area contributed by atoms with Crippen LogP contribution in [0.15, 0.2) is 59.1 Å². The minimum absolute atomic E-state index is 0.162. The topological polar surface area (TPSA) is 126 Å². The molecule has 9 heteroatoms. The number of aromatic nitrogens is 1. The van der Waals surface area contributed by atoms with E-state index >= 15 is 0 Å². The first-order valence-corrected chi connectivity index (χ1v) is 11.6. The third-order valence-corrected chi connectivity index (χ3v) is 6.07. The molecule has 1 fully saturated rings. The zero-order valence-electron chi connectivity index (χ0n) is 19.8. The van der Waals surface area contributed by atoms with Gasteiger partial charge in [0.15, 0.2) is 5.76 Å². The van der Waals surface area contributed by atoms with E-state index in [4.69, 9.17) is 9.26 Å². The molecular formula is C26H30N4O5.